The molecular formula is C8H8ClNO3S. The van der Waals surface area contributed by atoms with Crippen LogP contribution in [0.15, 0.2) is 23.1 Å². The van der Waals surface area contributed by atoms with Crippen molar-refractivity contribution in [3.8, 4) is 0 Å². The maximum Gasteiger partial charge on any atom is 0.265 e. The lowest BCUT2D eigenvalue weighted by Crippen LogP contribution is -2.22. The second kappa shape index (κ2) is 3.20. The average Bonchev–Trinajstić information content (AvgIpc) is 2.38. The van der Waals surface area contributed by atoms with E-state index in [1.807, 2.05) is 0 Å². The monoisotopic (exact) mass is 233 g/mol. The van der Waals surface area contributed by atoms with Crippen LogP contribution in [0.1, 0.15) is 5.56 Å². The van der Waals surface area contributed by atoms with Crippen molar-refractivity contribution in [1.82, 2.24) is 4.47 Å². The Hall–Kier alpha value is -0.620. The molecule has 2 rings (SSSR count). The molecule has 1 aliphatic rings. The highest BCUT2D eigenvalue weighted by Crippen LogP contribution is 2.31. The van der Waals surface area contributed by atoms with Gasteiger partial charge in [-0.25, -0.2) is 8.42 Å². The van der Waals surface area contributed by atoms with E-state index in [1.54, 1.807) is 12.1 Å². The molecule has 1 aromatic rings. The molecular weight excluding hydrogens is 226 g/mol. The molecule has 4 nitrogen and oxygen atoms in total. The molecule has 0 saturated carbocycles. The molecule has 6 heteroatoms. The van der Waals surface area contributed by atoms with Gasteiger partial charge in [-0.05, 0) is 17.7 Å². The van der Waals surface area contributed by atoms with Crippen LogP contribution >= 0.6 is 11.6 Å². The van der Waals surface area contributed by atoms with Crippen molar-refractivity contribution >= 4 is 21.6 Å². The lowest BCUT2D eigenvalue weighted by Gasteiger charge is -2.09. The minimum atomic E-state index is -3.49. The third-order valence-electron chi connectivity index (χ3n) is 2.08. The van der Waals surface area contributed by atoms with Gasteiger partial charge in [0.2, 0.25) is 0 Å². The largest absolute Gasteiger partial charge is 0.287 e. The van der Waals surface area contributed by atoms with Gasteiger partial charge in [0.1, 0.15) is 0 Å². The Bertz CT molecular complexity index is 471. The van der Waals surface area contributed by atoms with Gasteiger partial charge in [-0.1, -0.05) is 22.1 Å². The van der Waals surface area contributed by atoms with Gasteiger partial charge in [-0.2, -0.15) is 0 Å². The van der Waals surface area contributed by atoms with E-state index in [1.165, 1.54) is 13.2 Å². The first-order valence-corrected chi connectivity index (χ1v) is 5.73. The summed E-state index contributed by atoms with van der Waals surface area (Å²) in [5.41, 5.74) is 0.705. The third-order valence-corrected chi connectivity index (χ3v) is 4.06. The third kappa shape index (κ3) is 1.33. The fraction of sp³-hybridized carbons (Fsp3) is 0.250. The van der Waals surface area contributed by atoms with E-state index in [0.717, 1.165) is 4.47 Å². The van der Waals surface area contributed by atoms with Crippen LogP contribution in [0.5, 0.6) is 0 Å². The first-order valence-electron chi connectivity index (χ1n) is 3.91. The smallest absolute Gasteiger partial charge is 0.265 e. The number of nitrogens with zero attached hydrogens (tertiary/aromatic N) is 1. The zero-order valence-corrected chi connectivity index (χ0v) is 8.97. The molecule has 0 unspecified atom stereocenters. The van der Waals surface area contributed by atoms with Gasteiger partial charge >= 0.3 is 0 Å². The Kier molecular flexibility index (Phi) is 2.27. The summed E-state index contributed by atoms with van der Waals surface area (Å²) in [7, 11) is -2.17. The first kappa shape index (κ1) is 9.92. The molecule has 76 valence electrons. The SMILES string of the molecule is CON1Cc2ccc(Cl)cc2S1(=O)=O. The number of fused-ring (bicyclic) bond motifs is 1. The minimum absolute atomic E-state index is 0.229. The molecule has 1 heterocycles. The van der Waals surface area contributed by atoms with Gasteiger partial charge in [-0.3, -0.25) is 4.84 Å². The molecule has 0 fully saturated rings. The predicted octanol–water partition coefficient (Wildman–Crippen LogP) is 1.41. The predicted molar refractivity (Wildman–Crippen MR) is 51.2 cm³/mol. The maximum absolute atomic E-state index is 11.7. The van der Waals surface area contributed by atoms with Crippen molar-refractivity contribution in [2.45, 2.75) is 11.4 Å². The lowest BCUT2D eigenvalue weighted by molar-refractivity contribution is -0.0509. The molecule has 0 radical (unpaired) electrons. The zero-order chi connectivity index (χ0) is 10.3. The number of benzene rings is 1. The summed E-state index contributed by atoms with van der Waals surface area (Å²) >= 11 is 5.72. The van der Waals surface area contributed by atoms with Crippen molar-refractivity contribution in [3.63, 3.8) is 0 Å². The molecule has 1 aromatic carbocycles. The van der Waals surface area contributed by atoms with Crippen LogP contribution in [0.25, 0.3) is 0 Å². The van der Waals surface area contributed by atoms with Crippen LogP contribution in [0, 0.1) is 0 Å². The summed E-state index contributed by atoms with van der Waals surface area (Å²) in [5.74, 6) is 0. The van der Waals surface area contributed by atoms with Crippen LogP contribution in [-0.4, -0.2) is 20.0 Å². The Labute approximate surface area is 87.0 Å². The second-order valence-electron chi connectivity index (χ2n) is 2.90. The lowest BCUT2D eigenvalue weighted by atomic mass is 10.2. The van der Waals surface area contributed by atoms with Gasteiger partial charge in [0.25, 0.3) is 10.0 Å². The number of halogens is 1. The van der Waals surface area contributed by atoms with Gasteiger partial charge < -0.3 is 0 Å². The fourth-order valence-corrected chi connectivity index (χ4v) is 3.10. The normalized spacial score (nSPS) is 19.6. The summed E-state index contributed by atoms with van der Waals surface area (Å²) in [6.07, 6.45) is 0. The summed E-state index contributed by atoms with van der Waals surface area (Å²) in [6, 6.07) is 4.79. The number of sulfonamides is 1. The highest BCUT2D eigenvalue weighted by atomic mass is 35.5. The van der Waals surface area contributed by atoms with E-state index >= 15 is 0 Å². The van der Waals surface area contributed by atoms with E-state index in [0.29, 0.717) is 10.6 Å². The molecule has 0 saturated heterocycles. The van der Waals surface area contributed by atoms with Crippen molar-refractivity contribution in [3.05, 3.63) is 28.8 Å². The first-order chi connectivity index (χ1) is 6.55. The summed E-state index contributed by atoms with van der Waals surface area (Å²) < 4.78 is 24.4. The highest BCUT2D eigenvalue weighted by Gasteiger charge is 2.35. The number of hydrogen-bond acceptors (Lipinski definition) is 3. The van der Waals surface area contributed by atoms with Crippen LogP contribution in [0.3, 0.4) is 0 Å². The standard InChI is InChI=1S/C8H8ClNO3S/c1-13-10-5-6-2-3-7(9)4-8(6)14(10,11)12/h2-4H,5H2,1H3. The summed E-state index contributed by atoms with van der Waals surface area (Å²) in [5, 5.41) is 0.408. The highest BCUT2D eigenvalue weighted by molar-refractivity contribution is 7.89. The molecule has 0 aromatic heterocycles. The van der Waals surface area contributed by atoms with Crippen molar-refractivity contribution in [2.75, 3.05) is 7.11 Å². The van der Waals surface area contributed by atoms with Gasteiger partial charge in [0, 0.05) is 5.02 Å². The van der Waals surface area contributed by atoms with Gasteiger partial charge in [0.05, 0.1) is 18.6 Å². The van der Waals surface area contributed by atoms with Crippen LogP contribution in [0.4, 0.5) is 0 Å². The summed E-state index contributed by atoms with van der Waals surface area (Å²) in [4.78, 5) is 4.98. The maximum atomic E-state index is 11.7. The Morgan fingerprint density at radius 2 is 2.21 bits per heavy atom. The fourth-order valence-electron chi connectivity index (χ4n) is 1.40. The van der Waals surface area contributed by atoms with E-state index in [4.69, 9.17) is 16.4 Å². The van der Waals surface area contributed by atoms with Crippen molar-refractivity contribution in [2.24, 2.45) is 0 Å². The average molecular weight is 234 g/mol. The number of rotatable bonds is 1. The molecule has 0 bridgehead atoms. The van der Waals surface area contributed by atoms with Crippen molar-refractivity contribution < 1.29 is 13.3 Å². The van der Waals surface area contributed by atoms with Crippen molar-refractivity contribution in [1.29, 1.82) is 0 Å². The minimum Gasteiger partial charge on any atom is -0.287 e. The summed E-state index contributed by atoms with van der Waals surface area (Å²) in [6.45, 7) is 0.241. The van der Waals surface area contributed by atoms with Gasteiger partial charge in [0.15, 0.2) is 0 Å². The van der Waals surface area contributed by atoms with E-state index in [9.17, 15) is 8.42 Å². The molecule has 0 spiro atoms. The van der Waals surface area contributed by atoms with Crippen LogP contribution in [0.2, 0.25) is 5.02 Å². The Morgan fingerprint density at radius 1 is 1.50 bits per heavy atom. The number of hydrogen-bond donors (Lipinski definition) is 0. The topological polar surface area (TPSA) is 46.6 Å². The molecule has 0 amide bonds. The van der Waals surface area contributed by atoms with Crippen LogP contribution < -0.4 is 0 Å². The molecule has 0 atom stereocenters. The van der Waals surface area contributed by atoms with Crippen LogP contribution in [-0.2, 0) is 21.4 Å². The number of hydroxylamine groups is 1. The van der Waals surface area contributed by atoms with E-state index < -0.39 is 10.0 Å². The Morgan fingerprint density at radius 3 is 2.86 bits per heavy atom. The van der Waals surface area contributed by atoms with E-state index in [2.05, 4.69) is 0 Å². The second-order valence-corrected chi connectivity index (χ2v) is 5.13. The zero-order valence-electron chi connectivity index (χ0n) is 7.40. The van der Waals surface area contributed by atoms with E-state index in [-0.39, 0.29) is 11.4 Å². The molecule has 0 N–H and O–H groups in total. The molecule has 14 heavy (non-hydrogen) atoms. The molecule has 1 aliphatic heterocycles. The van der Waals surface area contributed by atoms with Gasteiger partial charge in [-0.15, -0.1) is 0 Å². The molecule has 0 aliphatic carbocycles. The Balaban J connectivity index is 2.62. The quantitative estimate of drug-likeness (QED) is 0.737.